The van der Waals surface area contributed by atoms with E-state index in [0.717, 1.165) is 0 Å². The molecular weight excluding hydrogens is 145 g/mol. The molecule has 0 radical (unpaired) electrons. The van der Waals surface area contributed by atoms with Gasteiger partial charge in [0, 0.05) is 12.3 Å². The van der Waals surface area contributed by atoms with Gasteiger partial charge >= 0.3 is 0 Å². The van der Waals surface area contributed by atoms with E-state index >= 15 is 0 Å². The number of nitrogens with zero attached hydrogens (tertiary/aromatic N) is 2. The molecule has 1 heterocycles. The first-order valence-corrected chi connectivity index (χ1v) is 3.25. The molecule has 1 N–H and O–H groups in total. The van der Waals surface area contributed by atoms with Crippen molar-refractivity contribution in [2.45, 2.75) is 19.3 Å². The van der Waals surface area contributed by atoms with Crippen molar-refractivity contribution in [1.29, 1.82) is 0 Å². The summed E-state index contributed by atoms with van der Waals surface area (Å²) in [5.74, 6) is 1.87. The second-order valence-electron chi connectivity index (χ2n) is 2.32. The predicted molar refractivity (Wildman–Crippen MR) is 38.2 cm³/mol. The van der Waals surface area contributed by atoms with Gasteiger partial charge in [-0.3, -0.25) is 0 Å². The highest BCUT2D eigenvalue weighted by atomic mass is 19.1. The van der Waals surface area contributed by atoms with Crippen molar-refractivity contribution in [2.75, 3.05) is 0 Å². The van der Waals surface area contributed by atoms with Crippen LogP contribution in [0.4, 0.5) is 4.39 Å². The van der Waals surface area contributed by atoms with Crippen LogP contribution in [0, 0.1) is 18.3 Å². The zero-order valence-electron chi connectivity index (χ0n) is 6.13. The van der Waals surface area contributed by atoms with Gasteiger partial charge in [0.05, 0.1) is 0 Å². The maximum atomic E-state index is 12.7. The van der Waals surface area contributed by atoms with Crippen LogP contribution in [0.25, 0.3) is 0 Å². The summed E-state index contributed by atoms with van der Waals surface area (Å²) in [4.78, 5) is 0. The van der Waals surface area contributed by atoms with Crippen molar-refractivity contribution in [3.63, 3.8) is 0 Å². The average Bonchev–Trinajstić information content (AvgIpc) is 2.36. The quantitative estimate of drug-likeness (QED) is 0.646. The van der Waals surface area contributed by atoms with Crippen LogP contribution in [-0.2, 0) is 0 Å². The Balaban J connectivity index is 2.77. The minimum Gasteiger partial charge on any atom is -0.232 e. The fraction of sp³-hybridized carbons (Fsp3) is 0.429. The fourth-order valence-corrected chi connectivity index (χ4v) is 0.812. The minimum atomic E-state index is -0.493. The molecule has 0 spiro atoms. The summed E-state index contributed by atoms with van der Waals surface area (Å²) < 4.78 is 12.7. The molecule has 1 unspecified atom stereocenters. The lowest BCUT2D eigenvalue weighted by Crippen LogP contribution is -1.95. The Labute approximate surface area is 64.0 Å². The normalized spacial score (nSPS) is 12.5. The maximum Gasteiger partial charge on any atom is 0.232 e. The van der Waals surface area contributed by atoms with Crippen LogP contribution in [0.3, 0.4) is 0 Å². The molecule has 0 amide bonds. The van der Waals surface area contributed by atoms with Gasteiger partial charge in [0.15, 0.2) is 0 Å². The topological polar surface area (TPSA) is 41.6 Å². The number of terminal acetylenes is 1. The van der Waals surface area contributed by atoms with E-state index < -0.39 is 5.95 Å². The Kier molecular flexibility index (Phi) is 2.21. The van der Waals surface area contributed by atoms with Gasteiger partial charge in [-0.2, -0.15) is 4.39 Å². The van der Waals surface area contributed by atoms with Crippen LogP contribution in [-0.4, -0.2) is 15.4 Å². The predicted octanol–water partition coefficient (Wildman–Crippen LogP) is 1.07. The summed E-state index contributed by atoms with van der Waals surface area (Å²) in [5.41, 5.74) is 0.308. The van der Waals surface area contributed by atoms with E-state index in [1.165, 1.54) is 0 Å². The van der Waals surface area contributed by atoms with Crippen molar-refractivity contribution in [3.05, 3.63) is 11.6 Å². The molecule has 1 atom stereocenters. The summed E-state index contributed by atoms with van der Waals surface area (Å²) in [7, 11) is 0. The lowest BCUT2D eigenvalue weighted by molar-refractivity contribution is 0.553. The minimum absolute atomic E-state index is 0.0706. The van der Waals surface area contributed by atoms with Gasteiger partial charge in [0.25, 0.3) is 0 Å². The number of hydrogen-bond donors (Lipinski definition) is 1. The number of aromatic amines is 1. The number of halogens is 1. The molecule has 1 aromatic rings. The SMILES string of the molecule is C#CCC(C)c1nn[nH]c1F. The number of hydrogen-bond acceptors (Lipinski definition) is 2. The number of aromatic nitrogens is 3. The Morgan fingerprint density at radius 2 is 2.55 bits per heavy atom. The van der Waals surface area contributed by atoms with E-state index in [9.17, 15) is 4.39 Å². The number of nitrogens with one attached hydrogen (secondary N) is 1. The molecule has 0 aliphatic rings. The smallest absolute Gasteiger partial charge is 0.232 e. The van der Waals surface area contributed by atoms with E-state index in [0.29, 0.717) is 12.1 Å². The standard InChI is InChI=1S/C7H8FN3/c1-3-4-5(2)6-7(8)10-11-9-6/h1,5H,4H2,2H3,(H,9,10,11). The lowest BCUT2D eigenvalue weighted by atomic mass is 10.1. The van der Waals surface area contributed by atoms with Crippen LogP contribution < -0.4 is 0 Å². The Hall–Kier alpha value is -1.37. The summed E-state index contributed by atoms with van der Waals surface area (Å²) in [5, 5.41) is 8.98. The second-order valence-corrected chi connectivity index (χ2v) is 2.32. The van der Waals surface area contributed by atoms with Crippen LogP contribution >= 0.6 is 0 Å². The monoisotopic (exact) mass is 153 g/mol. The zero-order chi connectivity index (χ0) is 8.27. The van der Waals surface area contributed by atoms with Crippen LogP contribution in [0.15, 0.2) is 0 Å². The molecule has 1 aromatic heterocycles. The van der Waals surface area contributed by atoms with Gasteiger partial charge in [-0.1, -0.05) is 12.1 Å². The largest absolute Gasteiger partial charge is 0.232 e. The highest BCUT2D eigenvalue weighted by Crippen LogP contribution is 2.16. The summed E-state index contributed by atoms with van der Waals surface area (Å²) >= 11 is 0. The second kappa shape index (κ2) is 3.15. The highest BCUT2D eigenvalue weighted by Gasteiger charge is 2.13. The van der Waals surface area contributed by atoms with Crippen molar-refractivity contribution in [3.8, 4) is 12.3 Å². The maximum absolute atomic E-state index is 12.7. The average molecular weight is 153 g/mol. The molecular formula is C7H8FN3. The molecule has 0 saturated carbocycles. The molecule has 4 heteroatoms. The van der Waals surface area contributed by atoms with E-state index in [-0.39, 0.29) is 5.92 Å². The van der Waals surface area contributed by atoms with E-state index in [1.807, 2.05) is 0 Å². The Bertz CT molecular complexity index is 273. The summed E-state index contributed by atoms with van der Waals surface area (Å²) in [6.07, 6.45) is 5.53. The number of H-pyrrole nitrogens is 1. The molecule has 11 heavy (non-hydrogen) atoms. The molecule has 1 rings (SSSR count). The third kappa shape index (κ3) is 1.55. The zero-order valence-corrected chi connectivity index (χ0v) is 6.13. The van der Waals surface area contributed by atoms with Crippen LogP contribution in [0.1, 0.15) is 25.0 Å². The first-order chi connectivity index (χ1) is 5.25. The van der Waals surface area contributed by atoms with E-state index in [4.69, 9.17) is 6.42 Å². The molecule has 0 saturated heterocycles. The van der Waals surface area contributed by atoms with Crippen molar-refractivity contribution in [1.82, 2.24) is 15.4 Å². The van der Waals surface area contributed by atoms with Gasteiger partial charge < -0.3 is 0 Å². The molecule has 3 nitrogen and oxygen atoms in total. The molecule has 58 valence electrons. The molecule has 0 fully saturated rings. The van der Waals surface area contributed by atoms with E-state index in [2.05, 4.69) is 21.3 Å². The summed E-state index contributed by atoms with van der Waals surface area (Å²) in [6, 6.07) is 0. The highest BCUT2D eigenvalue weighted by molar-refractivity contribution is 5.05. The third-order valence-electron chi connectivity index (χ3n) is 1.42. The van der Waals surface area contributed by atoms with Crippen molar-refractivity contribution < 1.29 is 4.39 Å². The van der Waals surface area contributed by atoms with Gasteiger partial charge in [0.1, 0.15) is 5.69 Å². The Morgan fingerprint density at radius 3 is 3.00 bits per heavy atom. The molecule has 0 aromatic carbocycles. The number of rotatable bonds is 2. The van der Waals surface area contributed by atoms with Gasteiger partial charge in [-0.25, -0.2) is 5.10 Å². The van der Waals surface area contributed by atoms with Gasteiger partial charge in [0.2, 0.25) is 5.95 Å². The third-order valence-corrected chi connectivity index (χ3v) is 1.42. The first-order valence-electron chi connectivity index (χ1n) is 3.25. The van der Waals surface area contributed by atoms with E-state index in [1.54, 1.807) is 6.92 Å². The van der Waals surface area contributed by atoms with Crippen molar-refractivity contribution in [2.24, 2.45) is 0 Å². The van der Waals surface area contributed by atoms with Gasteiger partial charge in [-0.05, 0) is 0 Å². The summed E-state index contributed by atoms with van der Waals surface area (Å²) in [6.45, 7) is 1.81. The Morgan fingerprint density at radius 1 is 1.82 bits per heavy atom. The van der Waals surface area contributed by atoms with Gasteiger partial charge in [-0.15, -0.1) is 17.4 Å². The molecule has 0 aliphatic carbocycles. The molecule has 0 aliphatic heterocycles. The van der Waals surface area contributed by atoms with Crippen molar-refractivity contribution >= 4 is 0 Å². The van der Waals surface area contributed by atoms with Crippen LogP contribution in [0.2, 0.25) is 0 Å². The first kappa shape index (κ1) is 7.73. The molecule has 0 bridgehead atoms. The fourth-order valence-electron chi connectivity index (χ4n) is 0.812. The van der Waals surface area contributed by atoms with Crippen LogP contribution in [0.5, 0.6) is 0 Å². The lowest BCUT2D eigenvalue weighted by Gasteiger charge is -2.00.